The molecule has 0 aromatic heterocycles. The van der Waals surface area contributed by atoms with Gasteiger partial charge in [-0.05, 0) is 39.2 Å². The number of ketones is 1. The van der Waals surface area contributed by atoms with Crippen LogP contribution in [0.15, 0.2) is 0 Å². The van der Waals surface area contributed by atoms with Gasteiger partial charge in [-0.1, -0.05) is 0 Å². The highest BCUT2D eigenvalue weighted by Crippen LogP contribution is 2.50. The van der Waals surface area contributed by atoms with Crippen molar-refractivity contribution in [2.45, 2.75) is 32.6 Å². The maximum absolute atomic E-state index is 11.0. The van der Waals surface area contributed by atoms with Crippen LogP contribution < -0.4 is 5.73 Å². The van der Waals surface area contributed by atoms with E-state index in [0.29, 0.717) is 5.78 Å². The molecule has 0 aromatic carbocycles. The Kier molecular flexibility index (Phi) is 2.09. The molecule has 0 amide bonds. The number of hydrogen-bond acceptors (Lipinski definition) is 2. The molecule has 2 nitrogen and oxygen atoms in total. The second-order valence-electron chi connectivity index (χ2n) is 3.23. The highest BCUT2D eigenvalue weighted by molar-refractivity contribution is 5.84. The highest BCUT2D eigenvalue weighted by Gasteiger charge is 2.45. The molecule has 0 saturated heterocycles. The zero-order chi connectivity index (χ0) is 7.61. The van der Waals surface area contributed by atoms with E-state index in [9.17, 15) is 4.79 Å². The Bertz CT molecular complexity index is 138. The average molecular weight is 141 g/mol. The van der Waals surface area contributed by atoms with Gasteiger partial charge in [-0.25, -0.2) is 0 Å². The largest absolute Gasteiger partial charge is 0.330 e. The van der Waals surface area contributed by atoms with Crippen LogP contribution in [0.1, 0.15) is 32.6 Å². The molecule has 0 radical (unpaired) electrons. The van der Waals surface area contributed by atoms with Crippen LogP contribution in [0.4, 0.5) is 0 Å². The minimum atomic E-state index is 0.0827. The van der Waals surface area contributed by atoms with Crippen LogP contribution in [0.25, 0.3) is 0 Å². The second kappa shape index (κ2) is 2.70. The zero-order valence-corrected chi connectivity index (χ0v) is 6.52. The van der Waals surface area contributed by atoms with Gasteiger partial charge in [0.25, 0.3) is 0 Å². The third-order valence-corrected chi connectivity index (χ3v) is 2.46. The quantitative estimate of drug-likeness (QED) is 0.637. The van der Waals surface area contributed by atoms with Crippen LogP contribution in [-0.4, -0.2) is 12.3 Å². The monoisotopic (exact) mass is 141 g/mol. The molecule has 2 N–H and O–H groups in total. The Morgan fingerprint density at radius 3 is 2.50 bits per heavy atom. The van der Waals surface area contributed by atoms with Crippen LogP contribution in [0.5, 0.6) is 0 Å². The summed E-state index contributed by atoms with van der Waals surface area (Å²) in [4.78, 5) is 11.0. The molecule has 58 valence electrons. The number of nitrogens with two attached hydrogens (primary N) is 1. The van der Waals surface area contributed by atoms with Gasteiger partial charge in [-0.3, -0.25) is 4.79 Å². The fourth-order valence-electron chi connectivity index (χ4n) is 1.37. The second-order valence-corrected chi connectivity index (χ2v) is 3.23. The summed E-state index contributed by atoms with van der Waals surface area (Å²) < 4.78 is 0. The molecule has 10 heavy (non-hydrogen) atoms. The smallest absolute Gasteiger partial charge is 0.135 e. The van der Waals surface area contributed by atoms with Crippen LogP contribution >= 0.6 is 0 Å². The predicted octanol–water partition coefficient (Wildman–Crippen LogP) is 1.09. The van der Waals surface area contributed by atoms with Crippen molar-refractivity contribution in [3.63, 3.8) is 0 Å². The first kappa shape index (κ1) is 7.73. The van der Waals surface area contributed by atoms with Gasteiger partial charge in [-0.15, -0.1) is 0 Å². The number of rotatable bonds is 4. The van der Waals surface area contributed by atoms with E-state index >= 15 is 0 Å². The fourth-order valence-corrected chi connectivity index (χ4v) is 1.37. The molecular weight excluding hydrogens is 126 g/mol. The van der Waals surface area contributed by atoms with Gasteiger partial charge in [0.15, 0.2) is 0 Å². The Labute approximate surface area is 61.8 Å². The van der Waals surface area contributed by atoms with E-state index in [0.717, 1.165) is 32.2 Å². The lowest BCUT2D eigenvalue weighted by atomic mass is 9.96. The summed E-state index contributed by atoms with van der Waals surface area (Å²) in [5, 5.41) is 0. The van der Waals surface area contributed by atoms with Crippen molar-refractivity contribution >= 4 is 5.78 Å². The molecule has 0 aliphatic heterocycles. The fraction of sp³-hybridized carbons (Fsp3) is 0.875. The lowest BCUT2D eigenvalue weighted by Gasteiger charge is -2.08. The lowest BCUT2D eigenvalue weighted by molar-refractivity contribution is -0.122. The molecule has 1 fully saturated rings. The summed E-state index contributed by atoms with van der Waals surface area (Å²) in [6, 6.07) is 0. The minimum Gasteiger partial charge on any atom is -0.330 e. The molecule has 0 aromatic rings. The van der Waals surface area contributed by atoms with Crippen molar-refractivity contribution in [2.24, 2.45) is 11.1 Å². The summed E-state index contributed by atoms with van der Waals surface area (Å²) in [7, 11) is 0. The van der Waals surface area contributed by atoms with Crippen molar-refractivity contribution in [3.05, 3.63) is 0 Å². The highest BCUT2D eigenvalue weighted by atomic mass is 16.1. The molecular formula is C8H15NO. The van der Waals surface area contributed by atoms with Gasteiger partial charge in [0.2, 0.25) is 0 Å². The molecule has 1 aliphatic carbocycles. The van der Waals surface area contributed by atoms with Crippen molar-refractivity contribution in [1.82, 2.24) is 0 Å². The van der Waals surface area contributed by atoms with Crippen molar-refractivity contribution in [1.29, 1.82) is 0 Å². The van der Waals surface area contributed by atoms with Gasteiger partial charge in [0.05, 0.1) is 0 Å². The third kappa shape index (κ3) is 1.37. The number of hydrogen-bond donors (Lipinski definition) is 1. The van der Waals surface area contributed by atoms with Gasteiger partial charge in [-0.2, -0.15) is 0 Å². The first-order valence-electron chi connectivity index (χ1n) is 3.92. The third-order valence-electron chi connectivity index (χ3n) is 2.46. The molecule has 1 aliphatic rings. The topological polar surface area (TPSA) is 43.1 Å². The predicted molar refractivity (Wildman–Crippen MR) is 40.6 cm³/mol. The van der Waals surface area contributed by atoms with E-state index in [1.165, 1.54) is 0 Å². The summed E-state index contributed by atoms with van der Waals surface area (Å²) in [5.74, 6) is 0.362. The Morgan fingerprint density at radius 1 is 1.60 bits per heavy atom. The van der Waals surface area contributed by atoms with Gasteiger partial charge >= 0.3 is 0 Å². The van der Waals surface area contributed by atoms with Crippen LogP contribution in [-0.2, 0) is 4.79 Å². The van der Waals surface area contributed by atoms with E-state index in [1.54, 1.807) is 6.92 Å². The normalized spacial score (nSPS) is 20.6. The first-order chi connectivity index (χ1) is 4.71. The average Bonchev–Trinajstić information content (AvgIpc) is 2.64. The summed E-state index contributed by atoms with van der Waals surface area (Å²) in [6.45, 7) is 2.42. The Balaban J connectivity index is 2.31. The van der Waals surface area contributed by atoms with Gasteiger partial charge in [0.1, 0.15) is 5.78 Å². The van der Waals surface area contributed by atoms with Crippen LogP contribution in [0, 0.1) is 5.41 Å². The molecule has 0 heterocycles. The molecule has 0 atom stereocenters. The maximum Gasteiger partial charge on any atom is 0.135 e. The number of carbonyl (C=O) groups is 1. The van der Waals surface area contributed by atoms with E-state index in [4.69, 9.17) is 5.73 Å². The van der Waals surface area contributed by atoms with E-state index < -0.39 is 0 Å². The van der Waals surface area contributed by atoms with Gasteiger partial charge in [0, 0.05) is 5.41 Å². The van der Waals surface area contributed by atoms with Crippen LogP contribution in [0.2, 0.25) is 0 Å². The summed E-state index contributed by atoms with van der Waals surface area (Å²) in [5.41, 5.74) is 5.44. The molecule has 0 unspecified atom stereocenters. The molecule has 0 bridgehead atoms. The molecule has 1 saturated carbocycles. The molecule has 0 spiro atoms. The van der Waals surface area contributed by atoms with E-state index in [1.807, 2.05) is 0 Å². The standard InChI is InChI=1S/C8H15NO/c1-7(10)8(4-5-8)3-2-6-9/h2-6,9H2,1H3. The van der Waals surface area contributed by atoms with Gasteiger partial charge < -0.3 is 5.73 Å². The van der Waals surface area contributed by atoms with E-state index in [-0.39, 0.29) is 5.41 Å². The van der Waals surface area contributed by atoms with Crippen molar-refractivity contribution < 1.29 is 4.79 Å². The molecule has 1 rings (SSSR count). The van der Waals surface area contributed by atoms with E-state index in [2.05, 4.69) is 0 Å². The number of carbonyl (C=O) groups excluding carboxylic acids is 1. The lowest BCUT2D eigenvalue weighted by Crippen LogP contribution is -2.13. The zero-order valence-electron chi connectivity index (χ0n) is 6.52. The van der Waals surface area contributed by atoms with Crippen LogP contribution in [0.3, 0.4) is 0 Å². The summed E-state index contributed by atoms with van der Waals surface area (Å²) >= 11 is 0. The Hall–Kier alpha value is -0.370. The number of Topliss-reactive ketones (excluding diaryl/α,β-unsaturated/α-hetero) is 1. The summed E-state index contributed by atoms with van der Waals surface area (Å²) in [6.07, 6.45) is 4.21. The first-order valence-corrected chi connectivity index (χ1v) is 3.92. The van der Waals surface area contributed by atoms with Crippen molar-refractivity contribution in [3.8, 4) is 0 Å². The SMILES string of the molecule is CC(=O)C1(CCCN)CC1. The maximum atomic E-state index is 11.0. The van der Waals surface area contributed by atoms with Crippen molar-refractivity contribution in [2.75, 3.05) is 6.54 Å². The Morgan fingerprint density at radius 2 is 2.20 bits per heavy atom. The molecule has 2 heteroatoms. The minimum absolute atomic E-state index is 0.0827.